The van der Waals surface area contributed by atoms with Gasteiger partial charge in [-0.2, -0.15) is 0 Å². The average molecular weight is 247 g/mol. The van der Waals surface area contributed by atoms with E-state index in [9.17, 15) is 5.11 Å². The number of benzene rings is 1. The summed E-state index contributed by atoms with van der Waals surface area (Å²) in [4.78, 5) is 2.51. The van der Waals surface area contributed by atoms with Gasteiger partial charge < -0.3 is 10.0 Å². The molecular formula is C16H25NO. The van der Waals surface area contributed by atoms with Crippen LogP contribution in [0.1, 0.15) is 38.2 Å². The van der Waals surface area contributed by atoms with Crippen molar-refractivity contribution in [3.05, 3.63) is 35.9 Å². The van der Waals surface area contributed by atoms with E-state index in [1.807, 2.05) is 0 Å². The number of aliphatic hydroxyl groups is 1. The highest BCUT2D eigenvalue weighted by Crippen LogP contribution is 2.30. The monoisotopic (exact) mass is 247 g/mol. The quantitative estimate of drug-likeness (QED) is 0.884. The molecule has 0 radical (unpaired) electrons. The molecule has 0 spiro atoms. The molecule has 1 heterocycles. The van der Waals surface area contributed by atoms with Gasteiger partial charge in [0.05, 0.1) is 0 Å². The molecule has 0 bridgehead atoms. The molecule has 1 aromatic carbocycles. The van der Waals surface area contributed by atoms with Crippen LogP contribution in [0, 0.1) is 5.41 Å². The second-order valence-corrected chi connectivity index (χ2v) is 6.12. The molecular weight excluding hydrogens is 222 g/mol. The number of hydrogen-bond acceptors (Lipinski definition) is 2. The largest absolute Gasteiger partial charge is 0.396 e. The van der Waals surface area contributed by atoms with Crippen molar-refractivity contribution in [3.8, 4) is 0 Å². The summed E-state index contributed by atoms with van der Waals surface area (Å²) in [6.45, 7) is 8.10. The molecule has 1 N–H and O–H groups in total. The average Bonchev–Trinajstić information content (AvgIpc) is 2.40. The van der Waals surface area contributed by atoms with Gasteiger partial charge in [0, 0.05) is 25.1 Å². The third-order valence-corrected chi connectivity index (χ3v) is 4.14. The maximum absolute atomic E-state index is 9.49. The summed E-state index contributed by atoms with van der Waals surface area (Å²) >= 11 is 0. The molecule has 0 saturated carbocycles. The fraction of sp³-hybridized carbons (Fsp3) is 0.625. The highest BCUT2D eigenvalue weighted by molar-refractivity contribution is 5.19. The second-order valence-electron chi connectivity index (χ2n) is 6.12. The molecule has 100 valence electrons. The fourth-order valence-electron chi connectivity index (χ4n) is 2.99. The lowest BCUT2D eigenvalue weighted by atomic mass is 9.82. The molecule has 2 rings (SSSR count). The molecule has 0 amide bonds. The Labute approximate surface area is 111 Å². The minimum absolute atomic E-state index is 0.106. The first-order valence-corrected chi connectivity index (χ1v) is 7.01. The first kappa shape index (κ1) is 13.6. The van der Waals surface area contributed by atoms with Gasteiger partial charge >= 0.3 is 0 Å². The molecule has 18 heavy (non-hydrogen) atoms. The summed E-state index contributed by atoms with van der Waals surface area (Å²) in [7, 11) is 0. The molecule has 1 fully saturated rings. The molecule has 0 aromatic heterocycles. The molecule has 2 atom stereocenters. The van der Waals surface area contributed by atoms with E-state index in [1.54, 1.807) is 0 Å². The van der Waals surface area contributed by atoms with Gasteiger partial charge in [-0.05, 0) is 30.9 Å². The lowest BCUT2D eigenvalue weighted by Gasteiger charge is -2.40. The fourth-order valence-corrected chi connectivity index (χ4v) is 2.99. The van der Waals surface area contributed by atoms with Crippen LogP contribution in [0.25, 0.3) is 0 Å². The van der Waals surface area contributed by atoms with E-state index in [1.165, 1.54) is 18.5 Å². The number of aliphatic hydroxyl groups excluding tert-OH is 1. The van der Waals surface area contributed by atoms with Crippen LogP contribution in [-0.4, -0.2) is 36.2 Å². The van der Waals surface area contributed by atoms with Gasteiger partial charge in [-0.1, -0.05) is 44.2 Å². The Bertz CT molecular complexity index is 365. The Hall–Kier alpha value is -0.860. The second kappa shape index (κ2) is 5.85. The molecule has 2 nitrogen and oxygen atoms in total. The van der Waals surface area contributed by atoms with E-state index in [0.717, 1.165) is 19.5 Å². The first-order chi connectivity index (χ1) is 8.63. The summed E-state index contributed by atoms with van der Waals surface area (Å²) in [6.07, 6.45) is 2.36. The van der Waals surface area contributed by atoms with Crippen LogP contribution >= 0.6 is 0 Å². The van der Waals surface area contributed by atoms with Crippen molar-refractivity contribution in [2.45, 2.75) is 32.6 Å². The predicted molar refractivity (Wildman–Crippen MR) is 75.7 cm³/mol. The van der Waals surface area contributed by atoms with Crippen molar-refractivity contribution in [2.24, 2.45) is 5.41 Å². The van der Waals surface area contributed by atoms with E-state index < -0.39 is 0 Å². The number of likely N-dealkylation sites (tertiary alicyclic amines) is 1. The van der Waals surface area contributed by atoms with Gasteiger partial charge in [0.25, 0.3) is 0 Å². The van der Waals surface area contributed by atoms with Crippen LogP contribution in [0.3, 0.4) is 0 Å². The van der Waals surface area contributed by atoms with E-state index >= 15 is 0 Å². The minimum atomic E-state index is 0.106. The van der Waals surface area contributed by atoms with Gasteiger partial charge in [-0.3, -0.25) is 0 Å². The minimum Gasteiger partial charge on any atom is -0.396 e. The Morgan fingerprint density at radius 2 is 2.06 bits per heavy atom. The number of piperidine rings is 1. The SMILES string of the molecule is CC(CN1CCCC(C)(CO)C1)c1ccccc1. The Kier molecular flexibility index (Phi) is 4.41. The van der Waals surface area contributed by atoms with Crippen molar-refractivity contribution < 1.29 is 5.11 Å². The maximum atomic E-state index is 9.49. The zero-order valence-electron chi connectivity index (χ0n) is 11.6. The van der Waals surface area contributed by atoms with Gasteiger partial charge in [0.15, 0.2) is 0 Å². The van der Waals surface area contributed by atoms with Gasteiger partial charge in [-0.25, -0.2) is 0 Å². The highest BCUT2D eigenvalue weighted by Gasteiger charge is 2.30. The summed E-state index contributed by atoms with van der Waals surface area (Å²) in [5.74, 6) is 0.562. The van der Waals surface area contributed by atoms with Crippen LogP contribution in [-0.2, 0) is 0 Å². The lowest BCUT2D eigenvalue weighted by Crippen LogP contribution is -2.44. The third-order valence-electron chi connectivity index (χ3n) is 4.14. The van der Waals surface area contributed by atoms with Gasteiger partial charge in [0.1, 0.15) is 0 Å². The highest BCUT2D eigenvalue weighted by atomic mass is 16.3. The smallest absolute Gasteiger partial charge is 0.0497 e. The predicted octanol–water partition coefficient (Wildman–Crippen LogP) is 2.88. The number of rotatable bonds is 4. The van der Waals surface area contributed by atoms with Crippen molar-refractivity contribution in [2.75, 3.05) is 26.2 Å². The normalized spacial score (nSPS) is 27.1. The van der Waals surface area contributed by atoms with Gasteiger partial charge in [-0.15, -0.1) is 0 Å². The summed E-state index contributed by atoms with van der Waals surface area (Å²) in [5.41, 5.74) is 1.52. The van der Waals surface area contributed by atoms with Gasteiger partial charge in [0.2, 0.25) is 0 Å². The molecule has 1 aliphatic heterocycles. The van der Waals surface area contributed by atoms with Crippen LogP contribution < -0.4 is 0 Å². The summed E-state index contributed by atoms with van der Waals surface area (Å²) in [6, 6.07) is 10.7. The third kappa shape index (κ3) is 3.33. The molecule has 2 unspecified atom stereocenters. The van der Waals surface area contributed by atoms with E-state index in [0.29, 0.717) is 12.5 Å². The van der Waals surface area contributed by atoms with Crippen LogP contribution in [0.4, 0.5) is 0 Å². The molecule has 1 aliphatic rings. The van der Waals surface area contributed by atoms with Crippen molar-refractivity contribution in [3.63, 3.8) is 0 Å². The lowest BCUT2D eigenvalue weighted by molar-refractivity contribution is 0.0444. The molecule has 1 aromatic rings. The van der Waals surface area contributed by atoms with Crippen LogP contribution in [0.15, 0.2) is 30.3 Å². The Balaban J connectivity index is 1.93. The van der Waals surface area contributed by atoms with Crippen molar-refractivity contribution in [1.82, 2.24) is 4.90 Å². The maximum Gasteiger partial charge on any atom is 0.0497 e. The van der Waals surface area contributed by atoms with E-state index in [4.69, 9.17) is 0 Å². The zero-order valence-corrected chi connectivity index (χ0v) is 11.6. The number of hydrogen-bond donors (Lipinski definition) is 1. The molecule has 1 saturated heterocycles. The topological polar surface area (TPSA) is 23.5 Å². The summed E-state index contributed by atoms with van der Waals surface area (Å²) in [5, 5.41) is 9.49. The van der Waals surface area contributed by atoms with Crippen LogP contribution in [0.2, 0.25) is 0 Å². The first-order valence-electron chi connectivity index (χ1n) is 7.01. The molecule has 0 aliphatic carbocycles. The Morgan fingerprint density at radius 3 is 2.72 bits per heavy atom. The van der Waals surface area contributed by atoms with E-state index in [-0.39, 0.29) is 5.41 Å². The molecule has 2 heteroatoms. The van der Waals surface area contributed by atoms with Crippen molar-refractivity contribution in [1.29, 1.82) is 0 Å². The standard InChI is InChI=1S/C16H25NO/c1-14(15-7-4-3-5-8-15)11-17-10-6-9-16(2,12-17)13-18/h3-5,7-8,14,18H,6,9-13H2,1-2H3. The Morgan fingerprint density at radius 1 is 1.33 bits per heavy atom. The van der Waals surface area contributed by atoms with E-state index in [2.05, 4.69) is 49.1 Å². The van der Waals surface area contributed by atoms with Crippen LogP contribution in [0.5, 0.6) is 0 Å². The summed E-state index contributed by atoms with van der Waals surface area (Å²) < 4.78 is 0. The number of nitrogens with zero attached hydrogens (tertiary/aromatic N) is 1. The van der Waals surface area contributed by atoms with Crippen molar-refractivity contribution >= 4 is 0 Å². The zero-order chi connectivity index (χ0) is 13.0.